The second-order valence-corrected chi connectivity index (χ2v) is 9.86. The molecule has 1 aromatic carbocycles. The zero-order chi connectivity index (χ0) is 36.9. The molecule has 0 bridgehead atoms. The molecule has 8 nitrogen and oxygen atoms in total. The first kappa shape index (κ1) is 108. The van der Waals surface area contributed by atoms with E-state index in [0.717, 1.165) is 55.9 Å². The molecule has 16 heteroatoms. The zero-order valence-corrected chi connectivity index (χ0v) is 64.6. The fourth-order valence-electron chi connectivity index (χ4n) is 3.50. The Morgan fingerprint density at radius 2 is 0.734 bits per heavy atom. The molecule has 0 saturated heterocycles. The molecule has 6 aromatic rings. The normalized spacial score (nSPS) is 6.94. The molecule has 0 aliphatic heterocycles. The topological polar surface area (TPSA) is 103 Å². The van der Waals surface area contributed by atoms with Gasteiger partial charge in [0.05, 0.1) is 0 Å². The van der Waals surface area contributed by atoms with Crippen molar-refractivity contribution in [2.75, 3.05) is 0 Å². The molecule has 6 rings (SSSR count). The Hall–Kier alpha value is 3.59. The minimum atomic E-state index is 0. The third-order valence-corrected chi connectivity index (χ3v) is 6.43. The van der Waals surface area contributed by atoms with Gasteiger partial charge in [0.25, 0.3) is 0 Å². The van der Waals surface area contributed by atoms with E-state index in [4.69, 9.17) is 0 Å². The third-order valence-electron chi connectivity index (χ3n) is 6.43. The van der Waals surface area contributed by atoms with E-state index in [1.54, 1.807) is 25.5 Å². The molecule has 0 atom stereocenters. The van der Waals surface area contributed by atoms with Crippen LogP contribution >= 0.6 is 0 Å². The second-order valence-electron chi connectivity index (χ2n) is 9.86. The molecule has 0 aliphatic carbocycles. The Balaban J connectivity index is -0.0000000329. The van der Waals surface area contributed by atoms with Crippen molar-refractivity contribution < 1.29 is 262 Å². The van der Waals surface area contributed by atoms with E-state index >= 15 is 0 Å². The monoisotopic (exact) mass is 1470 g/mol. The molecule has 0 spiro atoms. The van der Waals surface area contributed by atoms with Crippen LogP contribution in [0.4, 0.5) is 0 Å². The van der Waals surface area contributed by atoms with Gasteiger partial charge in [0.2, 0.25) is 0 Å². The van der Waals surface area contributed by atoms with E-state index in [0.29, 0.717) is 0 Å². The minimum absolute atomic E-state index is 0. The summed E-state index contributed by atoms with van der Waals surface area (Å²) >= 11 is 0. The Bertz CT molecular complexity index is 1220. The average Bonchev–Trinajstić information content (AvgIpc) is 3.24. The van der Waals surface area contributed by atoms with Crippen LogP contribution in [0.25, 0.3) is 0 Å². The largest absolute Gasteiger partial charge is 0.358 e. The summed E-state index contributed by atoms with van der Waals surface area (Å²) in [6.45, 7) is 17.6. The maximum Gasteiger partial charge on any atom is 0.131 e. The number of aromatic nitrogens is 8. The van der Waals surface area contributed by atoms with Crippen molar-refractivity contribution in [3.05, 3.63) is 220 Å². The predicted octanol–water partition coefficient (Wildman–Crippen LogP) is 12.2. The summed E-state index contributed by atoms with van der Waals surface area (Å²) in [7, 11) is 0. The molecule has 5 aromatic heterocycles. The summed E-state index contributed by atoms with van der Waals surface area (Å²) in [6, 6.07) is 26.3. The van der Waals surface area contributed by atoms with E-state index in [9.17, 15) is 0 Å². The molecule has 338 valence electrons. The number of aryl methyl sites for hydroxylation is 6. The quantitative estimate of drug-likeness (QED) is 0.152. The number of benzene rings is 1. The van der Waals surface area contributed by atoms with Gasteiger partial charge in [0.15, 0.2) is 0 Å². The van der Waals surface area contributed by atoms with Gasteiger partial charge in [0, 0.05) is 324 Å². The second kappa shape index (κ2) is 86.4. The van der Waals surface area contributed by atoms with E-state index < -0.39 is 0 Å². The van der Waals surface area contributed by atoms with Gasteiger partial charge in [-0.2, -0.15) is 6.92 Å². The standard InChI is InChI=1S/C8H10.3C7H9N.C6H8N2.C5H7N3.C2H5.6CH3.8Y/c1-2-8-6-4-3-5-7-8;1-2-7-3-5-8-6-4-7;1-2-7-4-3-5-8-6-7;1-2-7-5-3-4-6-8-7;1-2-6-7-4-3-5-8-6;1-2-5-7-3-6-4-8-5;1-2;;;;;;;;;;;;;;/h3-7H,2H2,1H3;3*3-6H,2H2,1H3;3-5H,2H2,1H3;3-4H,2H2,1H3;1H2,2H3;6*1H3;;;;;;;;/q;;;;;;7*-1;;;;;;;;. The van der Waals surface area contributed by atoms with Crippen molar-refractivity contribution in [2.45, 2.75) is 87.0 Å². The van der Waals surface area contributed by atoms with Crippen molar-refractivity contribution in [2.24, 2.45) is 0 Å². The maximum atomic E-state index is 4.10. The van der Waals surface area contributed by atoms with E-state index in [1.165, 1.54) is 29.3 Å². The van der Waals surface area contributed by atoms with Gasteiger partial charge in [-0.15, -0.1) is 0 Å². The van der Waals surface area contributed by atoms with Crippen LogP contribution in [0.2, 0.25) is 0 Å². The molecule has 0 amide bonds. The molecule has 0 unspecified atom stereocenters. The van der Waals surface area contributed by atoms with Gasteiger partial charge in [0.1, 0.15) is 24.3 Å². The van der Waals surface area contributed by atoms with Crippen LogP contribution < -0.4 is 0 Å². The number of hydrogen-bond acceptors (Lipinski definition) is 8. The summed E-state index contributed by atoms with van der Waals surface area (Å²) in [6.07, 6.45) is 21.8. The van der Waals surface area contributed by atoms with Crippen LogP contribution in [0.15, 0.2) is 135 Å². The molecular formula is C48H75N8Y8-7. The summed E-state index contributed by atoms with van der Waals surface area (Å²) in [4.78, 5) is 31.3. The summed E-state index contributed by atoms with van der Waals surface area (Å²) in [5.74, 6) is 1.76. The van der Waals surface area contributed by atoms with Crippen molar-refractivity contribution in [3.8, 4) is 0 Å². The maximum absolute atomic E-state index is 4.10. The van der Waals surface area contributed by atoms with Crippen molar-refractivity contribution in [1.82, 2.24) is 39.9 Å². The van der Waals surface area contributed by atoms with Crippen LogP contribution in [0, 0.1) is 51.5 Å². The molecular weight excluding hydrogens is 1400 g/mol. The Kier molecular flexibility index (Phi) is 146. The first-order valence-electron chi connectivity index (χ1n) is 17.4. The number of pyridine rings is 3. The number of rotatable bonds is 6. The molecule has 0 N–H and O–H groups in total. The van der Waals surface area contributed by atoms with Crippen LogP contribution in [0.5, 0.6) is 0 Å². The number of nitrogens with zero attached hydrogens (tertiary/aromatic N) is 8. The van der Waals surface area contributed by atoms with Gasteiger partial charge in [-0.25, -0.2) is 24.9 Å². The number of hydrogen-bond donors (Lipinski definition) is 0. The van der Waals surface area contributed by atoms with Crippen LogP contribution in [-0.4, -0.2) is 39.9 Å². The average molecular weight is 1480 g/mol. The molecule has 0 saturated carbocycles. The van der Waals surface area contributed by atoms with Crippen molar-refractivity contribution in [1.29, 1.82) is 0 Å². The van der Waals surface area contributed by atoms with Gasteiger partial charge in [-0.1, -0.05) is 84.0 Å². The van der Waals surface area contributed by atoms with Crippen LogP contribution in [-0.2, 0) is 300 Å². The summed E-state index contributed by atoms with van der Waals surface area (Å²) in [5, 5.41) is 0. The first-order valence-corrected chi connectivity index (χ1v) is 17.4. The fourth-order valence-corrected chi connectivity index (χ4v) is 3.50. The Morgan fingerprint density at radius 3 is 1.02 bits per heavy atom. The smallest absolute Gasteiger partial charge is 0.131 e. The van der Waals surface area contributed by atoms with Gasteiger partial charge < -0.3 is 51.5 Å². The van der Waals surface area contributed by atoms with Gasteiger partial charge in [-0.3, -0.25) is 15.0 Å². The van der Waals surface area contributed by atoms with E-state index in [-0.39, 0.29) is 306 Å². The SMILES string of the molecule is CCc1ccccc1.CCc1ccccn1.CCc1cccnc1.CCc1ccncc1.CCc1ncccn1.CCc1ncncn1.[CH2-]C.[CH3-].[CH3-].[CH3-].[CH3-].[CH3-].[CH3-].[Y].[Y].[Y].[Y].[Y].[Y].[Y].[Y]. The van der Waals surface area contributed by atoms with Crippen LogP contribution in [0.1, 0.15) is 82.5 Å². The minimum Gasteiger partial charge on any atom is -0.358 e. The molecule has 64 heavy (non-hydrogen) atoms. The van der Waals surface area contributed by atoms with E-state index in [1.807, 2.05) is 87.2 Å². The summed E-state index contributed by atoms with van der Waals surface area (Å²) < 4.78 is 0. The molecule has 5 heterocycles. The predicted molar refractivity (Wildman–Crippen MR) is 247 cm³/mol. The van der Waals surface area contributed by atoms with Gasteiger partial charge >= 0.3 is 0 Å². The molecule has 0 aliphatic rings. The van der Waals surface area contributed by atoms with Gasteiger partial charge in [-0.05, 0) is 78.8 Å². The Morgan fingerprint density at radius 1 is 0.328 bits per heavy atom. The summed E-state index contributed by atoms with van der Waals surface area (Å²) in [5.41, 5.74) is 5.22. The first-order chi connectivity index (χ1) is 24.6. The van der Waals surface area contributed by atoms with Crippen molar-refractivity contribution >= 4 is 0 Å². The zero-order valence-electron chi connectivity index (χ0n) is 41.8. The molecule has 0 fully saturated rings. The fraction of sp³-hybridized carbons (Fsp3) is 0.271. The third kappa shape index (κ3) is 67.7. The molecule has 8 radical (unpaired) electrons. The van der Waals surface area contributed by atoms with Crippen LogP contribution in [0.3, 0.4) is 0 Å². The van der Waals surface area contributed by atoms with E-state index in [2.05, 4.69) is 105 Å². The van der Waals surface area contributed by atoms with Crippen molar-refractivity contribution in [3.63, 3.8) is 0 Å². The Labute approximate surface area is 597 Å².